The lowest BCUT2D eigenvalue weighted by Gasteiger charge is -2.02. The van der Waals surface area contributed by atoms with E-state index in [1.165, 1.54) is 36.4 Å². The number of aliphatic hydroxyl groups is 1. The van der Waals surface area contributed by atoms with Gasteiger partial charge in [0.2, 0.25) is 0 Å². The molecule has 0 aliphatic carbocycles. The molecule has 2 aromatic rings. The van der Waals surface area contributed by atoms with Crippen molar-refractivity contribution in [1.82, 2.24) is 0 Å². The molecule has 10 heteroatoms. The second-order valence-corrected chi connectivity index (χ2v) is 6.48. The molecule has 0 aliphatic rings. The Kier molecular flexibility index (Phi) is 22.4. The molecule has 0 saturated carbocycles. The molecule has 3 N–H and O–H groups in total. The van der Waals surface area contributed by atoms with Crippen LogP contribution >= 0.6 is 0 Å². The van der Waals surface area contributed by atoms with Gasteiger partial charge in [-0.05, 0) is 13.0 Å². The van der Waals surface area contributed by atoms with E-state index in [0.717, 1.165) is 21.3 Å². The minimum atomic E-state index is -3.99. The van der Waals surface area contributed by atoms with Crippen molar-refractivity contribution in [3.05, 3.63) is 59.0 Å². The van der Waals surface area contributed by atoms with Crippen LogP contribution < -0.4 is 5.48 Å². The molecule has 0 saturated heterocycles. The van der Waals surface area contributed by atoms with E-state index in [-0.39, 0.29) is 15.5 Å². The van der Waals surface area contributed by atoms with E-state index < -0.39 is 10.1 Å². The Bertz CT molecular complexity index is 799. The highest BCUT2D eigenvalue weighted by Crippen LogP contribution is 2.27. The second kappa shape index (κ2) is 20.9. The first-order valence-electron chi connectivity index (χ1n) is 9.64. The van der Waals surface area contributed by atoms with Gasteiger partial charge in [0.15, 0.2) is 17.7 Å². The molecule has 0 unspecified atom stereocenters. The third-order valence-corrected chi connectivity index (χ3v) is 4.35. The van der Waals surface area contributed by atoms with Crippen molar-refractivity contribution in [3.63, 3.8) is 0 Å². The third-order valence-electron chi connectivity index (χ3n) is 3.03. The standard InChI is InChI=1S/C9H13N2O6S.C7H8.2C2H6.CH4O/c1-15-10-7-4-5-9(18(13,14)17-3)8(6-7)11(12)16-2;1-7-5-3-2-4-6-7;3*1-2/h4-6,10H,1-3H3;2-6H,1H3;2*1-2H3;2H,1H3/q+1;;;;/p+1. The van der Waals surface area contributed by atoms with Crippen LogP contribution in [0.5, 0.6) is 0 Å². The van der Waals surface area contributed by atoms with Crippen LogP contribution in [0.1, 0.15) is 33.3 Å². The van der Waals surface area contributed by atoms with Gasteiger partial charge in [-0.1, -0.05) is 63.6 Å². The summed E-state index contributed by atoms with van der Waals surface area (Å²) in [7, 11) is 0.581. The van der Waals surface area contributed by atoms with Gasteiger partial charge in [-0.3, -0.25) is 4.18 Å². The van der Waals surface area contributed by atoms with Crippen molar-refractivity contribution in [2.45, 2.75) is 39.5 Å². The summed E-state index contributed by atoms with van der Waals surface area (Å²) in [5.41, 5.74) is 3.00. The van der Waals surface area contributed by atoms with Crippen molar-refractivity contribution < 1.29 is 37.8 Å². The van der Waals surface area contributed by atoms with E-state index in [9.17, 15) is 13.3 Å². The van der Waals surface area contributed by atoms with Crippen LogP contribution in [-0.4, -0.2) is 46.9 Å². The lowest BCUT2D eigenvalue weighted by Crippen LogP contribution is -2.75. The number of quaternary nitrogens is 1. The maximum absolute atomic E-state index is 11.6. The number of hydrogen-bond acceptors (Lipinski definition) is 7. The maximum atomic E-state index is 11.6. The van der Waals surface area contributed by atoms with Crippen LogP contribution in [0.25, 0.3) is 0 Å². The molecular formula is C21H38N2O7S+2. The SMILES string of the molecule is CC.CC.CO.CO[NH2+]c1ccc(S(=O)(=O)OC)c([N+](=O)OC)c1.Cc1ccccc1. The molecule has 9 nitrogen and oxygen atoms in total. The van der Waals surface area contributed by atoms with Gasteiger partial charge in [-0.15, -0.1) is 0 Å². The zero-order valence-corrected chi connectivity index (χ0v) is 20.8. The fraction of sp³-hybridized carbons (Fsp3) is 0.429. The van der Waals surface area contributed by atoms with Crippen LogP contribution in [0.4, 0.5) is 11.4 Å². The molecule has 0 aromatic heterocycles. The second-order valence-electron chi connectivity index (χ2n) is 4.80. The minimum Gasteiger partial charge on any atom is -0.400 e. The quantitative estimate of drug-likeness (QED) is 0.384. The van der Waals surface area contributed by atoms with Crippen molar-refractivity contribution in [3.8, 4) is 0 Å². The van der Waals surface area contributed by atoms with Gasteiger partial charge in [-0.2, -0.15) is 13.9 Å². The lowest BCUT2D eigenvalue weighted by molar-refractivity contribution is -0.830. The van der Waals surface area contributed by atoms with E-state index in [1.54, 1.807) is 0 Å². The average molecular weight is 463 g/mol. The molecular weight excluding hydrogens is 424 g/mol. The topological polar surface area (TPSA) is 119 Å². The van der Waals surface area contributed by atoms with Gasteiger partial charge in [0.25, 0.3) is 4.92 Å². The highest BCUT2D eigenvalue weighted by Gasteiger charge is 2.31. The molecule has 0 aliphatic heterocycles. The number of aryl methyl sites for hydroxylation is 1. The summed E-state index contributed by atoms with van der Waals surface area (Å²) in [4.78, 5) is 20.5. The zero-order chi connectivity index (χ0) is 24.9. The number of benzene rings is 2. The van der Waals surface area contributed by atoms with E-state index in [1.807, 2.05) is 45.9 Å². The molecule has 0 bridgehead atoms. The van der Waals surface area contributed by atoms with Gasteiger partial charge in [0.05, 0.1) is 25.2 Å². The van der Waals surface area contributed by atoms with E-state index in [0.29, 0.717) is 5.69 Å². The van der Waals surface area contributed by atoms with Gasteiger partial charge < -0.3 is 5.11 Å². The predicted octanol–water partition coefficient (Wildman–Crippen LogP) is 3.41. The summed E-state index contributed by atoms with van der Waals surface area (Å²) in [6, 6.07) is 14.3. The van der Waals surface area contributed by atoms with Crippen molar-refractivity contribution in [2.24, 2.45) is 0 Å². The van der Waals surface area contributed by atoms with Gasteiger partial charge in [0.1, 0.15) is 0 Å². The van der Waals surface area contributed by atoms with Gasteiger partial charge in [0, 0.05) is 13.2 Å². The largest absolute Gasteiger partial charge is 0.400 e. The lowest BCUT2D eigenvalue weighted by atomic mass is 10.2. The number of nitrogens with two attached hydrogens (primary N) is 1. The molecule has 0 fully saturated rings. The Balaban J connectivity index is -0.000000498. The summed E-state index contributed by atoms with van der Waals surface area (Å²) >= 11 is 0. The summed E-state index contributed by atoms with van der Waals surface area (Å²) < 4.78 is 27.6. The van der Waals surface area contributed by atoms with Crippen molar-refractivity contribution >= 4 is 21.5 Å². The van der Waals surface area contributed by atoms with Crippen LogP contribution in [-0.2, 0) is 24.0 Å². The fourth-order valence-corrected chi connectivity index (χ4v) is 2.62. The summed E-state index contributed by atoms with van der Waals surface area (Å²) in [5.74, 6) is 0. The van der Waals surface area contributed by atoms with E-state index in [2.05, 4.69) is 28.1 Å². The van der Waals surface area contributed by atoms with Crippen LogP contribution in [0.15, 0.2) is 53.4 Å². The first-order chi connectivity index (χ1) is 14.9. The predicted molar refractivity (Wildman–Crippen MR) is 122 cm³/mol. The Morgan fingerprint density at radius 3 is 1.77 bits per heavy atom. The molecule has 0 spiro atoms. The molecule has 0 heterocycles. The van der Waals surface area contributed by atoms with Crippen LogP contribution in [0.2, 0.25) is 0 Å². The Labute approximate surface area is 186 Å². The summed E-state index contributed by atoms with van der Waals surface area (Å²) in [5, 5.41) is 7.00. The van der Waals surface area contributed by atoms with Crippen LogP contribution in [0.3, 0.4) is 0 Å². The zero-order valence-electron chi connectivity index (χ0n) is 19.9. The monoisotopic (exact) mass is 462 g/mol. The van der Waals surface area contributed by atoms with E-state index in [4.69, 9.17) is 9.94 Å². The first kappa shape index (κ1) is 33.3. The fourth-order valence-electron chi connectivity index (χ4n) is 1.82. The molecule has 2 rings (SSSR count). The number of aliphatic hydroxyl groups excluding tert-OH is 1. The van der Waals surface area contributed by atoms with Gasteiger partial charge >= 0.3 is 15.8 Å². The minimum absolute atomic E-state index is 0.0822. The highest BCUT2D eigenvalue weighted by molar-refractivity contribution is 7.86. The van der Waals surface area contributed by atoms with Crippen LogP contribution in [0, 0.1) is 11.8 Å². The van der Waals surface area contributed by atoms with Crippen molar-refractivity contribution in [1.29, 1.82) is 0 Å². The summed E-state index contributed by atoms with van der Waals surface area (Å²) in [6.07, 6.45) is 0. The molecule has 0 amide bonds. The molecule has 2 aromatic carbocycles. The normalized spacial score (nSPS) is 9.10. The Morgan fingerprint density at radius 1 is 0.903 bits per heavy atom. The number of hydrogen-bond donors (Lipinski definition) is 2. The molecule has 0 atom stereocenters. The smallest absolute Gasteiger partial charge is 0.343 e. The van der Waals surface area contributed by atoms with E-state index >= 15 is 0 Å². The number of rotatable bonds is 6. The van der Waals surface area contributed by atoms with Crippen molar-refractivity contribution in [2.75, 3.05) is 28.4 Å². The Hall–Kier alpha value is -2.37. The molecule has 31 heavy (non-hydrogen) atoms. The number of nitrogens with zero attached hydrogens (tertiary/aromatic N) is 1. The third kappa shape index (κ3) is 13.5. The maximum Gasteiger partial charge on any atom is 0.343 e. The Morgan fingerprint density at radius 2 is 1.42 bits per heavy atom. The first-order valence-corrected chi connectivity index (χ1v) is 11.0. The molecule has 178 valence electrons. The molecule has 0 radical (unpaired) electrons. The summed E-state index contributed by atoms with van der Waals surface area (Å²) in [6.45, 7) is 10.1. The average Bonchev–Trinajstić information content (AvgIpc) is 2.83. The van der Waals surface area contributed by atoms with Gasteiger partial charge in [-0.25, -0.2) is 9.68 Å². The highest BCUT2D eigenvalue weighted by atomic mass is 32.2.